The van der Waals surface area contributed by atoms with E-state index in [-0.39, 0.29) is 5.91 Å². The number of nitrogens with one attached hydrogen (secondary N) is 1. The smallest absolute Gasteiger partial charge is 0.272 e. The number of hydrogen-bond donors (Lipinski definition) is 1. The highest BCUT2D eigenvalue weighted by Crippen LogP contribution is 2.37. The molecule has 7 nitrogen and oxygen atoms in total. The predicted octanol–water partition coefficient (Wildman–Crippen LogP) is 3.91. The number of carbonyl (C=O) groups excluding carboxylic acids is 1. The molecule has 0 saturated carbocycles. The minimum absolute atomic E-state index is 0.0667. The lowest BCUT2D eigenvalue weighted by atomic mass is 10.2. The second-order valence-electron chi connectivity index (χ2n) is 6.31. The summed E-state index contributed by atoms with van der Waals surface area (Å²) in [5.74, 6) is 1.48. The molecule has 0 aliphatic carbocycles. The van der Waals surface area contributed by atoms with E-state index in [0.29, 0.717) is 33.7 Å². The van der Waals surface area contributed by atoms with Crippen LogP contribution >= 0.6 is 11.6 Å². The Hall–Kier alpha value is -2.54. The first-order valence-corrected chi connectivity index (χ1v) is 9.30. The molecule has 1 amide bonds. The van der Waals surface area contributed by atoms with Crippen LogP contribution in [0.5, 0.6) is 11.5 Å². The normalized spacial score (nSPS) is 14.4. The van der Waals surface area contributed by atoms with E-state index in [2.05, 4.69) is 15.3 Å². The van der Waals surface area contributed by atoms with Crippen LogP contribution in [-0.4, -0.2) is 48.1 Å². The molecule has 1 aromatic heterocycles. The third-order valence-electron chi connectivity index (χ3n) is 4.52. The van der Waals surface area contributed by atoms with Crippen molar-refractivity contribution in [2.24, 2.45) is 0 Å². The summed E-state index contributed by atoms with van der Waals surface area (Å²) in [5.41, 5.74) is 1.000. The fraction of sp³-hybridized carbons (Fsp3) is 0.421. The van der Waals surface area contributed by atoms with E-state index in [9.17, 15) is 4.79 Å². The van der Waals surface area contributed by atoms with Gasteiger partial charge in [-0.2, -0.15) is 0 Å². The average molecular weight is 391 g/mol. The molecule has 0 atom stereocenters. The second-order valence-corrected chi connectivity index (χ2v) is 6.71. The van der Waals surface area contributed by atoms with Gasteiger partial charge in [0.05, 0.1) is 24.9 Å². The summed E-state index contributed by atoms with van der Waals surface area (Å²) in [4.78, 5) is 23.0. The zero-order valence-corrected chi connectivity index (χ0v) is 16.3. The van der Waals surface area contributed by atoms with Crippen LogP contribution in [0.1, 0.15) is 36.2 Å². The number of halogens is 1. The molecule has 2 heterocycles. The van der Waals surface area contributed by atoms with Crippen molar-refractivity contribution >= 4 is 29.0 Å². The Morgan fingerprint density at radius 1 is 1.04 bits per heavy atom. The van der Waals surface area contributed by atoms with E-state index in [1.165, 1.54) is 19.2 Å². The van der Waals surface area contributed by atoms with Gasteiger partial charge in [0, 0.05) is 31.3 Å². The van der Waals surface area contributed by atoms with E-state index in [1.807, 2.05) is 4.90 Å². The molecule has 144 valence electrons. The summed E-state index contributed by atoms with van der Waals surface area (Å²) in [6.45, 7) is 1.54. The first-order valence-electron chi connectivity index (χ1n) is 8.92. The van der Waals surface area contributed by atoms with E-state index >= 15 is 0 Å². The SMILES string of the molecule is COc1cc(Nc2cc(C(=O)N3CCCCCC3)ncn2)c(OC)cc1Cl. The van der Waals surface area contributed by atoms with Gasteiger partial charge in [-0.3, -0.25) is 4.79 Å². The lowest BCUT2D eigenvalue weighted by Crippen LogP contribution is -2.32. The van der Waals surface area contributed by atoms with Crippen molar-refractivity contribution < 1.29 is 14.3 Å². The molecule has 0 spiro atoms. The number of likely N-dealkylation sites (tertiary alicyclic amines) is 1. The van der Waals surface area contributed by atoms with Gasteiger partial charge < -0.3 is 19.7 Å². The Balaban J connectivity index is 1.83. The van der Waals surface area contributed by atoms with Crippen LogP contribution in [0.15, 0.2) is 24.5 Å². The zero-order chi connectivity index (χ0) is 19.2. The zero-order valence-electron chi connectivity index (χ0n) is 15.5. The Morgan fingerprint density at radius 2 is 1.74 bits per heavy atom. The molecule has 1 fully saturated rings. The van der Waals surface area contributed by atoms with Crippen LogP contribution in [0.4, 0.5) is 11.5 Å². The fourth-order valence-electron chi connectivity index (χ4n) is 3.07. The number of hydrogen-bond acceptors (Lipinski definition) is 6. The second kappa shape index (κ2) is 8.90. The van der Waals surface area contributed by atoms with Crippen LogP contribution in [0, 0.1) is 0 Å². The molecule has 1 saturated heterocycles. The number of rotatable bonds is 5. The number of nitrogens with zero attached hydrogens (tertiary/aromatic N) is 3. The highest BCUT2D eigenvalue weighted by Gasteiger charge is 2.19. The quantitative estimate of drug-likeness (QED) is 0.834. The van der Waals surface area contributed by atoms with Crippen molar-refractivity contribution in [3.63, 3.8) is 0 Å². The minimum Gasteiger partial charge on any atom is -0.495 e. The summed E-state index contributed by atoms with van der Waals surface area (Å²) in [5, 5.41) is 3.59. The third-order valence-corrected chi connectivity index (χ3v) is 4.81. The topological polar surface area (TPSA) is 76.6 Å². The maximum absolute atomic E-state index is 12.8. The van der Waals surface area contributed by atoms with Crippen molar-refractivity contribution in [2.75, 3.05) is 32.6 Å². The molecular weight excluding hydrogens is 368 g/mol. The van der Waals surface area contributed by atoms with Gasteiger partial charge in [0.1, 0.15) is 29.3 Å². The largest absolute Gasteiger partial charge is 0.495 e. The van der Waals surface area contributed by atoms with Gasteiger partial charge in [-0.15, -0.1) is 0 Å². The molecule has 0 bridgehead atoms. The third kappa shape index (κ3) is 4.60. The minimum atomic E-state index is -0.0667. The molecule has 0 unspecified atom stereocenters. The highest BCUT2D eigenvalue weighted by atomic mass is 35.5. The number of carbonyl (C=O) groups is 1. The van der Waals surface area contributed by atoms with Crippen LogP contribution in [0.3, 0.4) is 0 Å². The molecule has 2 aromatic rings. The Morgan fingerprint density at radius 3 is 2.41 bits per heavy atom. The molecular formula is C19H23ClN4O3. The Bertz CT molecular complexity index is 808. The van der Waals surface area contributed by atoms with Crippen LogP contribution in [0.25, 0.3) is 0 Å². The van der Waals surface area contributed by atoms with Crippen LogP contribution < -0.4 is 14.8 Å². The molecule has 1 N–H and O–H groups in total. The lowest BCUT2D eigenvalue weighted by molar-refractivity contribution is 0.0755. The molecule has 1 aliphatic heterocycles. The molecule has 1 aliphatic rings. The van der Waals surface area contributed by atoms with E-state index in [4.69, 9.17) is 21.1 Å². The summed E-state index contributed by atoms with van der Waals surface area (Å²) in [7, 11) is 3.09. The number of amides is 1. The number of benzene rings is 1. The van der Waals surface area contributed by atoms with Crippen LogP contribution in [-0.2, 0) is 0 Å². The molecule has 0 radical (unpaired) electrons. The molecule has 8 heteroatoms. The average Bonchev–Trinajstić information content (AvgIpc) is 2.98. The first-order chi connectivity index (χ1) is 13.1. The summed E-state index contributed by atoms with van der Waals surface area (Å²) >= 11 is 6.14. The Labute approximate surface area is 163 Å². The van der Waals surface area contributed by atoms with E-state index < -0.39 is 0 Å². The maximum atomic E-state index is 12.8. The van der Waals surface area contributed by atoms with E-state index in [1.54, 1.807) is 32.4 Å². The van der Waals surface area contributed by atoms with Crippen molar-refractivity contribution in [2.45, 2.75) is 25.7 Å². The van der Waals surface area contributed by atoms with Crippen LogP contribution in [0.2, 0.25) is 5.02 Å². The molecule has 1 aromatic carbocycles. The number of methoxy groups -OCH3 is 2. The van der Waals surface area contributed by atoms with Gasteiger partial charge in [-0.25, -0.2) is 9.97 Å². The summed E-state index contributed by atoms with van der Waals surface area (Å²) < 4.78 is 10.6. The monoisotopic (exact) mass is 390 g/mol. The lowest BCUT2D eigenvalue weighted by Gasteiger charge is -2.20. The summed E-state index contributed by atoms with van der Waals surface area (Å²) in [6, 6.07) is 5.03. The fourth-order valence-corrected chi connectivity index (χ4v) is 3.31. The van der Waals surface area contributed by atoms with Gasteiger partial charge in [0.2, 0.25) is 0 Å². The van der Waals surface area contributed by atoms with Crippen molar-refractivity contribution in [1.82, 2.24) is 14.9 Å². The van der Waals surface area contributed by atoms with Gasteiger partial charge in [0.15, 0.2) is 0 Å². The van der Waals surface area contributed by atoms with Crippen molar-refractivity contribution in [3.05, 3.63) is 35.2 Å². The van der Waals surface area contributed by atoms with Crippen molar-refractivity contribution in [3.8, 4) is 11.5 Å². The Kier molecular flexibility index (Phi) is 6.34. The van der Waals surface area contributed by atoms with Gasteiger partial charge in [0.25, 0.3) is 5.91 Å². The standard InChI is InChI=1S/C19H23ClN4O3/c1-26-16-10-14(17(27-2)9-13(16)20)23-18-11-15(21-12-22-18)19(25)24-7-5-3-4-6-8-24/h9-12H,3-8H2,1-2H3,(H,21,22,23). The van der Waals surface area contributed by atoms with Gasteiger partial charge >= 0.3 is 0 Å². The summed E-state index contributed by atoms with van der Waals surface area (Å²) in [6.07, 6.45) is 5.78. The van der Waals surface area contributed by atoms with Gasteiger partial charge in [-0.05, 0) is 12.8 Å². The molecule has 3 rings (SSSR count). The first kappa shape index (κ1) is 19.2. The number of aromatic nitrogens is 2. The predicted molar refractivity (Wildman–Crippen MR) is 104 cm³/mol. The van der Waals surface area contributed by atoms with E-state index in [0.717, 1.165) is 25.9 Å². The maximum Gasteiger partial charge on any atom is 0.272 e. The number of ether oxygens (including phenoxy) is 2. The molecule has 27 heavy (non-hydrogen) atoms. The number of anilines is 2. The van der Waals surface area contributed by atoms with Gasteiger partial charge in [-0.1, -0.05) is 24.4 Å². The van der Waals surface area contributed by atoms with Crippen molar-refractivity contribution in [1.29, 1.82) is 0 Å². The highest BCUT2D eigenvalue weighted by molar-refractivity contribution is 6.32.